The van der Waals surface area contributed by atoms with Gasteiger partial charge in [0.1, 0.15) is 10.5 Å². The van der Waals surface area contributed by atoms with Crippen molar-refractivity contribution in [1.82, 2.24) is 19.5 Å². The Bertz CT molecular complexity index is 743. The van der Waals surface area contributed by atoms with Crippen LogP contribution in [0.25, 0.3) is 11.2 Å². The molecule has 0 aliphatic rings. The highest BCUT2D eigenvalue weighted by atomic mass is 32.1. The molecule has 3 rings (SSSR count). The molecule has 0 aliphatic heterocycles. The molecule has 0 saturated carbocycles. The number of aromatic nitrogens is 4. The largest absolute Gasteiger partial charge is 0.369 e. The Labute approximate surface area is 115 Å². The quantitative estimate of drug-likeness (QED) is 0.779. The fourth-order valence-corrected chi connectivity index (χ4v) is 2.99. The van der Waals surface area contributed by atoms with Gasteiger partial charge in [0, 0.05) is 16.8 Å². The summed E-state index contributed by atoms with van der Waals surface area (Å²) in [4.78, 5) is 13.4. The predicted octanol–water partition coefficient (Wildman–Crippen LogP) is 2.70. The Kier molecular flexibility index (Phi) is 2.74. The molecular weight excluding hydrogens is 258 g/mol. The van der Waals surface area contributed by atoms with Crippen molar-refractivity contribution in [1.29, 1.82) is 0 Å². The topological polar surface area (TPSA) is 69.6 Å². The van der Waals surface area contributed by atoms with E-state index in [-0.39, 0.29) is 6.04 Å². The number of aryl methyl sites for hydroxylation is 2. The number of nitrogen functional groups attached to an aromatic ring is 1. The fourth-order valence-electron chi connectivity index (χ4n) is 2.14. The van der Waals surface area contributed by atoms with Crippen LogP contribution in [-0.4, -0.2) is 19.5 Å². The van der Waals surface area contributed by atoms with Gasteiger partial charge in [0.25, 0.3) is 0 Å². The molecule has 2 N–H and O–H groups in total. The molecule has 1 atom stereocenters. The first kappa shape index (κ1) is 12.1. The average molecular weight is 273 g/mol. The van der Waals surface area contributed by atoms with Crippen LogP contribution in [0.1, 0.15) is 29.4 Å². The highest BCUT2D eigenvalue weighted by molar-refractivity contribution is 7.09. The molecule has 5 nitrogen and oxygen atoms in total. The van der Waals surface area contributed by atoms with Gasteiger partial charge in [0.05, 0.1) is 6.04 Å². The third kappa shape index (κ3) is 1.98. The summed E-state index contributed by atoms with van der Waals surface area (Å²) in [7, 11) is 0. The molecule has 0 amide bonds. The van der Waals surface area contributed by atoms with E-state index in [2.05, 4.69) is 21.9 Å². The van der Waals surface area contributed by atoms with Crippen LogP contribution in [0.3, 0.4) is 0 Å². The molecule has 6 heteroatoms. The normalized spacial score (nSPS) is 13.0. The summed E-state index contributed by atoms with van der Waals surface area (Å²) in [5.74, 6) is 0.480. The van der Waals surface area contributed by atoms with Crippen molar-refractivity contribution in [3.05, 3.63) is 33.9 Å². The summed E-state index contributed by atoms with van der Waals surface area (Å²) in [6, 6.07) is 3.93. The maximum absolute atomic E-state index is 6.04. The van der Waals surface area contributed by atoms with Crippen LogP contribution in [0, 0.1) is 13.8 Å². The van der Waals surface area contributed by atoms with E-state index in [1.807, 2.05) is 35.9 Å². The second kappa shape index (κ2) is 4.31. The first-order valence-electron chi connectivity index (χ1n) is 6.09. The number of nitrogens with two attached hydrogens (primary N) is 1. The van der Waals surface area contributed by atoms with Crippen molar-refractivity contribution >= 4 is 28.4 Å². The lowest BCUT2D eigenvalue weighted by atomic mass is 10.3. The van der Waals surface area contributed by atoms with E-state index in [1.165, 1.54) is 0 Å². The Morgan fingerprint density at radius 2 is 1.95 bits per heavy atom. The molecule has 0 aromatic carbocycles. The van der Waals surface area contributed by atoms with Crippen molar-refractivity contribution in [2.45, 2.75) is 26.8 Å². The molecule has 0 fully saturated rings. The van der Waals surface area contributed by atoms with Crippen molar-refractivity contribution in [2.75, 3.05) is 5.73 Å². The van der Waals surface area contributed by atoms with Crippen LogP contribution in [0.4, 0.5) is 5.95 Å². The maximum atomic E-state index is 6.04. The summed E-state index contributed by atoms with van der Waals surface area (Å²) >= 11 is 1.63. The molecular formula is C13H15N5S. The minimum Gasteiger partial charge on any atom is -0.369 e. The van der Waals surface area contributed by atoms with Gasteiger partial charge in [-0.05, 0) is 32.9 Å². The summed E-state index contributed by atoms with van der Waals surface area (Å²) in [5.41, 5.74) is 9.66. The Morgan fingerprint density at radius 1 is 1.16 bits per heavy atom. The lowest BCUT2D eigenvalue weighted by Crippen LogP contribution is -2.10. The van der Waals surface area contributed by atoms with Crippen molar-refractivity contribution in [3.63, 3.8) is 0 Å². The molecule has 19 heavy (non-hydrogen) atoms. The number of fused-ring (bicyclic) bond motifs is 1. The summed E-state index contributed by atoms with van der Waals surface area (Å²) in [6.45, 7) is 6.02. The molecule has 0 aliphatic carbocycles. The van der Waals surface area contributed by atoms with Gasteiger partial charge < -0.3 is 5.73 Å². The van der Waals surface area contributed by atoms with Gasteiger partial charge >= 0.3 is 0 Å². The lowest BCUT2D eigenvalue weighted by Gasteiger charge is -2.12. The van der Waals surface area contributed by atoms with E-state index in [0.717, 1.165) is 27.6 Å². The molecule has 3 aromatic rings. The number of nitrogens with zero attached hydrogens (tertiary/aromatic N) is 4. The molecule has 98 valence electrons. The minimum atomic E-state index is 0.0398. The van der Waals surface area contributed by atoms with Gasteiger partial charge in [-0.1, -0.05) is 0 Å². The zero-order valence-electron chi connectivity index (χ0n) is 11.1. The van der Waals surface area contributed by atoms with Crippen LogP contribution >= 0.6 is 11.3 Å². The van der Waals surface area contributed by atoms with Crippen LogP contribution in [0.15, 0.2) is 17.5 Å². The van der Waals surface area contributed by atoms with Crippen molar-refractivity contribution in [2.24, 2.45) is 0 Å². The van der Waals surface area contributed by atoms with Gasteiger partial charge in [-0.15, -0.1) is 11.3 Å². The Hall–Kier alpha value is -1.95. The number of hydrogen-bond donors (Lipinski definition) is 1. The van der Waals surface area contributed by atoms with Crippen LogP contribution in [0.5, 0.6) is 0 Å². The second-order valence-electron chi connectivity index (χ2n) is 4.64. The zero-order valence-corrected chi connectivity index (χ0v) is 11.9. The number of thiazole rings is 1. The molecule has 0 bridgehead atoms. The van der Waals surface area contributed by atoms with E-state index < -0.39 is 0 Å². The minimum absolute atomic E-state index is 0.0398. The van der Waals surface area contributed by atoms with E-state index in [0.29, 0.717) is 5.95 Å². The molecule has 0 radical (unpaired) electrons. The van der Waals surface area contributed by atoms with Gasteiger partial charge in [0.2, 0.25) is 5.95 Å². The number of imidazole rings is 1. The smallest absolute Gasteiger partial charge is 0.203 e. The average Bonchev–Trinajstić information content (AvgIpc) is 2.91. The first-order chi connectivity index (χ1) is 9.06. The number of rotatable bonds is 2. The molecule has 3 heterocycles. The standard InChI is InChI=1S/C13H15N5S/c1-7-4-5-10-11(15-7)18(13(14)17-10)9(3)12-16-8(2)6-19-12/h4-6,9H,1-3H3,(H2,14,17). The molecule has 3 aromatic heterocycles. The van der Waals surface area contributed by atoms with Gasteiger partial charge in [-0.25, -0.2) is 15.0 Å². The number of anilines is 1. The first-order valence-corrected chi connectivity index (χ1v) is 6.97. The highest BCUT2D eigenvalue weighted by Gasteiger charge is 2.18. The second-order valence-corrected chi connectivity index (χ2v) is 5.53. The molecule has 0 spiro atoms. The number of hydrogen-bond acceptors (Lipinski definition) is 5. The van der Waals surface area contributed by atoms with Crippen molar-refractivity contribution in [3.8, 4) is 0 Å². The van der Waals surface area contributed by atoms with Gasteiger partial charge in [-0.2, -0.15) is 0 Å². The third-order valence-corrected chi connectivity index (χ3v) is 4.22. The lowest BCUT2D eigenvalue weighted by molar-refractivity contribution is 0.655. The summed E-state index contributed by atoms with van der Waals surface area (Å²) in [5, 5.41) is 3.06. The van der Waals surface area contributed by atoms with E-state index in [1.54, 1.807) is 11.3 Å². The van der Waals surface area contributed by atoms with Crippen LogP contribution in [0.2, 0.25) is 0 Å². The molecule has 1 unspecified atom stereocenters. The van der Waals surface area contributed by atoms with Gasteiger partial charge in [0.15, 0.2) is 5.65 Å². The van der Waals surface area contributed by atoms with E-state index in [4.69, 9.17) is 5.73 Å². The van der Waals surface area contributed by atoms with E-state index in [9.17, 15) is 0 Å². The van der Waals surface area contributed by atoms with Gasteiger partial charge in [-0.3, -0.25) is 4.57 Å². The predicted molar refractivity (Wildman–Crippen MR) is 77.3 cm³/mol. The van der Waals surface area contributed by atoms with Crippen LogP contribution < -0.4 is 5.73 Å². The van der Waals surface area contributed by atoms with E-state index >= 15 is 0 Å². The fraction of sp³-hybridized carbons (Fsp3) is 0.308. The summed E-state index contributed by atoms with van der Waals surface area (Å²) in [6.07, 6.45) is 0. The SMILES string of the molecule is Cc1csc(C(C)n2c(N)nc3ccc(C)nc32)n1. The maximum Gasteiger partial charge on any atom is 0.203 e. The van der Waals surface area contributed by atoms with Crippen LogP contribution in [-0.2, 0) is 0 Å². The third-order valence-electron chi connectivity index (χ3n) is 3.09. The van der Waals surface area contributed by atoms with Crippen molar-refractivity contribution < 1.29 is 0 Å². The molecule has 0 saturated heterocycles. The highest BCUT2D eigenvalue weighted by Crippen LogP contribution is 2.28. The number of pyridine rings is 1. The Balaban J connectivity index is 2.18. The summed E-state index contributed by atoms with van der Waals surface area (Å²) < 4.78 is 1.95. The monoisotopic (exact) mass is 273 g/mol. The zero-order chi connectivity index (χ0) is 13.6. The Morgan fingerprint density at radius 3 is 2.63 bits per heavy atom.